The van der Waals surface area contributed by atoms with Crippen molar-refractivity contribution in [1.82, 2.24) is 10.4 Å². The zero-order chi connectivity index (χ0) is 19.8. The molecule has 8 heteroatoms. The van der Waals surface area contributed by atoms with E-state index < -0.39 is 0 Å². The van der Waals surface area contributed by atoms with Crippen molar-refractivity contribution in [2.24, 2.45) is 5.84 Å². The highest BCUT2D eigenvalue weighted by Crippen LogP contribution is 2.20. The third-order valence-electron chi connectivity index (χ3n) is 3.32. The molecule has 0 aliphatic rings. The van der Waals surface area contributed by atoms with E-state index in [0.717, 1.165) is 11.1 Å². The summed E-state index contributed by atoms with van der Waals surface area (Å²) in [6.07, 6.45) is 1.70. The van der Waals surface area contributed by atoms with Crippen LogP contribution >= 0.6 is 0 Å². The molecule has 1 heterocycles. The molecule has 0 unspecified atom stereocenters. The molecule has 0 bridgehead atoms. The van der Waals surface area contributed by atoms with Crippen molar-refractivity contribution in [3.8, 4) is 11.8 Å². The highest BCUT2D eigenvalue weighted by Gasteiger charge is 2.08. The largest absolute Gasteiger partial charge is 0.323 e. The minimum atomic E-state index is -0.295. The molecule has 1 aromatic carbocycles. The lowest BCUT2D eigenvalue weighted by Gasteiger charge is -2.09. The fraction of sp³-hybridized carbons (Fsp3) is 0.158. The van der Waals surface area contributed by atoms with Gasteiger partial charge in [0.1, 0.15) is 0 Å². The summed E-state index contributed by atoms with van der Waals surface area (Å²) in [4.78, 5) is 38.0. The topological polar surface area (TPSA) is 126 Å². The first-order chi connectivity index (χ1) is 12.9. The van der Waals surface area contributed by atoms with Crippen LogP contribution < -0.4 is 21.9 Å². The second kappa shape index (κ2) is 9.12. The number of hydrazine groups is 1. The van der Waals surface area contributed by atoms with E-state index in [2.05, 4.69) is 32.9 Å². The smallest absolute Gasteiger partial charge is 0.238 e. The van der Waals surface area contributed by atoms with Crippen LogP contribution in [-0.2, 0) is 20.8 Å². The number of hydrogen-bond acceptors (Lipinski definition) is 5. The standard InChI is InChI=1S/C19H19N5O3/c1-12(25)22-17-9-16(11-21-19(17)23-13(2)26)8-5-14-3-6-15(7-4-14)10-18(27)24-20/h3-4,6-7,9,11H,10,20H2,1-2H3,(H,22,25)(H,24,27)(H,21,23,26). The lowest BCUT2D eigenvalue weighted by molar-refractivity contribution is -0.120. The maximum atomic E-state index is 11.3. The number of benzene rings is 1. The molecule has 0 atom stereocenters. The number of aromatic nitrogens is 1. The van der Waals surface area contributed by atoms with Crippen LogP contribution in [0.15, 0.2) is 36.5 Å². The van der Waals surface area contributed by atoms with E-state index in [1.165, 1.54) is 20.0 Å². The van der Waals surface area contributed by atoms with Crippen LogP contribution in [-0.4, -0.2) is 22.7 Å². The van der Waals surface area contributed by atoms with E-state index in [0.29, 0.717) is 11.3 Å². The van der Waals surface area contributed by atoms with Gasteiger partial charge in [0, 0.05) is 31.2 Å². The summed E-state index contributed by atoms with van der Waals surface area (Å²) in [5.41, 5.74) is 4.58. The number of carbonyl (C=O) groups excluding carboxylic acids is 3. The second-order valence-corrected chi connectivity index (χ2v) is 5.67. The summed E-state index contributed by atoms with van der Waals surface area (Å²) in [6.45, 7) is 2.72. The second-order valence-electron chi connectivity index (χ2n) is 5.67. The Balaban J connectivity index is 2.21. The summed E-state index contributed by atoms with van der Waals surface area (Å²) in [5, 5.41) is 5.17. The Morgan fingerprint density at radius 2 is 1.63 bits per heavy atom. The molecular formula is C19H19N5O3. The molecule has 8 nitrogen and oxygen atoms in total. The first-order valence-corrected chi connectivity index (χ1v) is 8.03. The molecule has 0 saturated carbocycles. The Labute approximate surface area is 156 Å². The zero-order valence-corrected chi connectivity index (χ0v) is 14.9. The van der Waals surface area contributed by atoms with Gasteiger partial charge in [-0.05, 0) is 23.8 Å². The summed E-state index contributed by atoms with van der Waals surface area (Å²) in [6, 6.07) is 8.80. The van der Waals surface area contributed by atoms with Crippen LogP contribution in [0.2, 0.25) is 0 Å². The fourth-order valence-corrected chi connectivity index (χ4v) is 2.17. The van der Waals surface area contributed by atoms with Gasteiger partial charge in [0.15, 0.2) is 5.82 Å². The van der Waals surface area contributed by atoms with E-state index in [1.54, 1.807) is 30.3 Å². The average Bonchev–Trinajstić information content (AvgIpc) is 2.62. The number of hydrogen-bond donors (Lipinski definition) is 4. The predicted molar refractivity (Wildman–Crippen MR) is 101 cm³/mol. The zero-order valence-electron chi connectivity index (χ0n) is 14.9. The first kappa shape index (κ1) is 19.6. The Hall–Kier alpha value is -3.70. The predicted octanol–water partition coefficient (Wildman–Crippen LogP) is 0.931. The maximum absolute atomic E-state index is 11.3. The van der Waals surface area contributed by atoms with Gasteiger partial charge in [-0.2, -0.15) is 0 Å². The molecule has 0 spiro atoms. The number of nitrogens with zero attached hydrogens (tertiary/aromatic N) is 1. The van der Waals surface area contributed by atoms with E-state index in [-0.39, 0.29) is 30.0 Å². The van der Waals surface area contributed by atoms with Gasteiger partial charge >= 0.3 is 0 Å². The Morgan fingerprint density at radius 3 is 2.22 bits per heavy atom. The number of nitrogens with two attached hydrogens (primary N) is 1. The summed E-state index contributed by atoms with van der Waals surface area (Å²) in [7, 11) is 0. The lowest BCUT2D eigenvalue weighted by Crippen LogP contribution is -2.31. The van der Waals surface area contributed by atoms with Gasteiger partial charge in [-0.1, -0.05) is 24.0 Å². The summed E-state index contributed by atoms with van der Waals surface area (Å²) in [5.74, 6) is 10.4. The third kappa shape index (κ3) is 6.26. The molecule has 3 amide bonds. The molecule has 0 saturated heterocycles. The number of anilines is 2. The van der Waals surface area contributed by atoms with Crippen molar-refractivity contribution in [3.63, 3.8) is 0 Å². The fourth-order valence-electron chi connectivity index (χ4n) is 2.17. The number of nitrogens with one attached hydrogen (secondary N) is 3. The molecule has 0 aliphatic heterocycles. The van der Waals surface area contributed by atoms with Gasteiger partial charge in [0.2, 0.25) is 17.7 Å². The highest BCUT2D eigenvalue weighted by atomic mass is 16.2. The normalized spacial score (nSPS) is 9.59. The van der Waals surface area contributed by atoms with Gasteiger partial charge in [0.25, 0.3) is 0 Å². The molecular weight excluding hydrogens is 346 g/mol. The molecule has 2 rings (SSSR count). The summed E-state index contributed by atoms with van der Waals surface area (Å²) < 4.78 is 0. The van der Waals surface area contributed by atoms with E-state index in [4.69, 9.17) is 5.84 Å². The number of carbonyl (C=O) groups is 3. The van der Waals surface area contributed by atoms with Gasteiger partial charge in [0.05, 0.1) is 12.1 Å². The van der Waals surface area contributed by atoms with E-state index in [9.17, 15) is 14.4 Å². The van der Waals surface area contributed by atoms with Crippen LogP contribution in [0.3, 0.4) is 0 Å². The molecule has 138 valence electrons. The minimum Gasteiger partial charge on any atom is -0.323 e. The molecule has 5 N–H and O–H groups in total. The molecule has 27 heavy (non-hydrogen) atoms. The van der Waals surface area contributed by atoms with Gasteiger partial charge in [-0.3, -0.25) is 19.8 Å². The van der Waals surface area contributed by atoms with Crippen LogP contribution in [0.25, 0.3) is 0 Å². The van der Waals surface area contributed by atoms with Crippen molar-refractivity contribution in [2.75, 3.05) is 10.6 Å². The van der Waals surface area contributed by atoms with Crippen molar-refractivity contribution in [2.45, 2.75) is 20.3 Å². The Morgan fingerprint density at radius 1 is 1.00 bits per heavy atom. The van der Waals surface area contributed by atoms with E-state index >= 15 is 0 Å². The highest BCUT2D eigenvalue weighted by molar-refractivity contribution is 5.97. The average molecular weight is 365 g/mol. The van der Waals surface area contributed by atoms with Gasteiger partial charge in [-0.15, -0.1) is 0 Å². The lowest BCUT2D eigenvalue weighted by atomic mass is 10.1. The Kier molecular flexibility index (Phi) is 6.63. The molecule has 0 radical (unpaired) electrons. The number of amides is 3. The third-order valence-corrected chi connectivity index (χ3v) is 3.32. The van der Waals surface area contributed by atoms with Crippen molar-refractivity contribution in [1.29, 1.82) is 0 Å². The molecule has 1 aromatic heterocycles. The first-order valence-electron chi connectivity index (χ1n) is 8.03. The van der Waals surface area contributed by atoms with Crippen molar-refractivity contribution < 1.29 is 14.4 Å². The van der Waals surface area contributed by atoms with Crippen LogP contribution in [0, 0.1) is 11.8 Å². The summed E-state index contributed by atoms with van der Waals surface area (Å²) >= 11 is 0. The Bertz CT molecular complexity index is 927. The van der Waals surface area contributed by atoms with Crippen molar-refractivity contribution in [3.05, 3.63) is 53.2 Å². The number of rotatable bonds is 4. The van der Waals surface area contributed by atoms with Gasteiger partial charge < -0.3 is 10.6 Å². The van der Waals surface area contributed by atoms with Gasteiger partial charge in [-0.25, -0.2) is 10.8 Å². The van der Waals surface area contributed by atoms with Crippen LogP contribution in [0.5, 0.6) is 0 Å². The SMILES string of the molecule is CC(=O)Nc1cc(C#Cc2ccc(CC(=O)NN)cc2)cnc1NC(C)=O. The quantitative estimate of drug-likeness (QED) is 0.277. The van der Waals surface area contributed by atoms with Crippen LogP contribution in [0.1, 0.15) is 30.5 Å². The maximum Gasteiger partial charge on any atom is 0.238 e. The molecule has 0 fully saturated rings. The van der Waals surface area contributed by atoms with E-state index in [1.807, 2.05) is 0 Å². The number of pyridine rings is 1. The molecule has 0 aliphatic carbocycles. The monoisotopic (exact) mass is 365 g/mol. The van der Waals surface area contributed by atoms with Crippen molar-refractivity contribution >= 4 is 29.2 Å². The minimum absolute atomic E-state index is 0.193. The van der Waals surface area contributed by atoms with Crippen LogP contribution in [0.4, 0.5) is 11.5 Å². The molecule has 2 aromatic rings.